The maximum absolute atomic E-state index is 13.4. The Kier molecular flexibility index (Phi) is 5.90. The van der Waals surface area contributed by atoms with Crippen molar-refractivity contribution in [1.29, 1.82) is 0 Å². The van der Waals surface area contributed by atoms with Gasteiger partial charge >= 0.3 is 6.36 Å². The van der Waals surface area contributed by atoms with Gasteiger partial charge in [-0.3, -0.25) is 9.59 Å². The fraction of sp³-hybridized carbons (Fsp3) is 0.364. The normalized spacial score (nSPS) is 23.1. The van der Waals surface area contributed by atoms with Crippen LogP contribution in [-0.4, -0.2) is 35.9 Å². The van der Waals surface area contributed by atoms with Crippen molar-refractivity contribution in [1.82, 2.24) is 10.6 Å². The van der Waals surface area contributed by atoms with Crippen molar-refractivity contribution in [2.75, 3.05) is 6.61 Å². The van der Waals surface area contributed by atoms with Gasteiger partial charge < -0.3 is 20.1 Å². The third kappa shape index (κ3) is 5.50. The van der Waals surface area contributed by atoms with Crippen LogP contribution in [0.5, 0.6) is 11.5 Å². The smallest absolute Gasteiger partial charge is 0.484 e. The second kappa shape index (κ2) is 8.40. The van der Waals surface area contributed by atoms with E-state index >= 15 is 0 Å². The first kappa shape index (κ1) is 23.2. The van der Waals surface area contributed by atoms with Crippen molar-refractivity contribution in [2.45, 2.75) is 43.1 Å². The maximum Gasteiger partial charge on any atom is 0.573 e. The number of rotatable bonds is 8. The molecule has 3 aliphatic rings. The molecule has 0 radical (unpaired) electrons. The molecule has 3 aliphatic carbocycles. The summed E-state index contributed by atoms with van der Waals surface area (Å²) in [4.78, 5) is 24.5. The van der Waals surface area contributed by atoms with Gasteiger partial charge in [-0.25, -0.2) is 4.39 Å². The van der Waals surface area contributed by atoms with Gasteiger partial charge in [0.05, 0.1) is 11.4 Å². The van der Waals surface area contributed by atoms with E-state index in [2.05, 4.69) is 15.4 Å². The lowest BCUT2D eigenvalue weighted by Gasteiger charge is -2.70. The highest BCUT2D eigenvalue weighted by Gasteiger charge is 2.69. The second-order valence-corrected chi connectivity index (χ2v) is 8.83. The van der Waals surface area contributed by atoms with E-state index in [0.29, 0.717) is 24.8 Å². The molecule has 5 rings (SSSR count). The molecular weight excluding hydrogens is 468 g/mol. The van der Waals surface area contributed by atoms with E-state index in [1.165, 1.54) is 24.3 Å². The first-order valence-electron chi connectivity index (χ1n) is 10.00. The van der Waals surface area contributed by atoms with E-state index in [0.717, 1.165) is 12.1 Å². The summed E-state index contributed by atoms with van der Waals surface area (Å²) in [7, 11) is 0. The molecule has 0 heterocycles. The van der Waals surface area contributed by atoms with Crippen LogP contribution < -0.4 is 20.1 Å². The van der Waals surface area contributed by atoms with E-state index in [1.807, 2.05) is 0 Å². The van der Waals surface area contributed by atoms with Crippen LogP contribution in [-0.2, 0) is 16.0 Å². The molecule has 2 aromatic rings. The summed E-state index contributed by atoms with van der Waals surface area (Å²) in [5.74, 6) is -1.55. The monoisotopic (exact) mass is 486 g/mol. The zero-order chi connectivity index (χ0) is 23.9. The largest absolute Gasteiger partial charge is 0.573 e. The van der Waals surface area contributed by atoms with E-state index < -0.39 is 23.3 Å². The van der Waals surface area contributed by atoms with Gasteiger partial charge in [0, 0.05) is 17.1 Å². The highest BCUT2D eigenvalue weighted by Crippen LogP contribution is 2.60. The number of hydrogen-bond acceptors (Lipinski definition) is 4. The number of hydrogen-bond donors (Lipinski definition) is 2. The lowest BCUT2D eigenvalue weighted by molar-refractivity contribution is -0.274. The molecule has 11 heteroatoms. The molecule has 0 atom stereocenters. The van der Waals surface area contributed by atoms with Gasteiger partial charge in [-0.1, -0.05) is 23.7 Å². The lowest BCUT2D eigenvalue weighted by Crippen LogP contribution is -2.84. The molecule has 2 amide bonds. The van der Waals surface area contributed by atoms with E-state index in [1.54, 1.807) is 6.07 Å². The van der Waals surface area contributed by atoms with Gasteiger partial charge in [-0.05, 0) is 49.1 Å². The molecule has 2 bridgehead atoms. The Bertz CT molecular complexity index is 1070. The van der Waals surface area contributed by atoms with Crippen LogP contribution in [0.15, 0.2) is 42.5 Å². The molecular formula is C22H19ClF4N2O4. The fourth-order valence-electron chi connectivity index (χ4n) is 4.48. The van der Waals surface area contributed by atoms with Crippen molar-refractivity contribution >= 4 is 23.4 Å². The number of amides is 2. The van der Waals surface area contributed by atoms with Crippen molar-refractivity contribution in [3.05, 3.63) is 58.9 Å². The Morgan fingerprint density at radius 2 is 1.64 bits per heavy atom. The molecule has 0 unspecified atom stereocenters. The predicted molar refractivity (Wildman–Crippen MR) is 109 cm³/mol. The minimum atomic E-state index is -4.80. The Balaban J connectivity index is 1.21. The molecule has 0 saturated heterocycles. The van der Waals surface area contributed by atoms with Gasteiger partial charge in [0.25, 0.3) is 5.91 Å². The van der Waals surface area contributed by atoms with Crippen LogP contribution in [0.1, 0.15) is 24.8 Å². The third-order valence-electron chi connectivity index (χ3n) is 5.60. The molecule has 6 nitrogen and oxygen atoms in total. The Labute approximate surface area is 191 Å². The average molecular weight is 487 g/mol. The molecule has 0 spiro atoms. The first-order valence-corrected chi connectivity index (χ1v) is 10.4. The summed E-state index contributed by atoms with van der Waals surface area (Å²) >= 11 is 5.60. The number of benzene rings is 2. The number of carbonyl (C=O) groups is 2. The summed E-state index contributed by atoms with van der Waals surface area (Å²) in [6.45, 7) is -0.293. The van der Waals surface area contributed by atoms with Crippen LogP contribution in [0.4, 0.5) is 17.6 Å². The van der Waals surface area contributed by atoms with Crippen LogP contribution in [0.2, 0.25) is 5.02 Å². The molecule has 176 valence electrons. The number of carbonyl (C=O) groups excluding carboxylic acids is 2. The molecule has 2 N–H and O–H groups in total. The molecule has 0 aliphatic heterocycles. The highest BCUT2D eigenvalue weighted by atomic mass is 35.5. The van der Waals surface area contributed by atoms with E-state index in [-0.39, 0.29) is 41.4 Å². The quantitative estimate of drug-likeness (QED) is 0.555. The van der Waals surface area contributed by atoms with Crippen molar-refractivity contribution in [3.63, 3.8) is 0 Å². The molecule has 33 heavy (non-hydrogen) atoms. The maximum atomic E-state index is 13.4. The zero-order valence-electron chi connectivity index (χ0n) is 17.1. The lowest BCUT2D eigenvalue weighted by atomic mass is 9.44. The molecule has 3 fully saturated rings. The summed E-state index contributed by atoms with van der Waals surface area (Å²) in [5, 5.41) is 5.73. The van der Waals surface area contributed by atoms with Crippen LogP contribution in [0.25, 0.3) is 0 Å². The van der Waals surface area contributed by atoms with Crippen molar-refractivity contribution in [2.24, 2.45) is 0 Å². The first-order chi connectivity index (χ1) is 15.4. The standard InChI is InChI=1S/C22H19ClF4N2O4/c23-16-5-4-14(8-17(16)24)32-9-19(31)29-21-10-20(11-21,12-21)28-18(30)7-13-2-1-3-15(6-13)33-22(25,26)27/h1-6,8H,7,9-12H2,(H,28,30)(H,29,31). The Morgan fingerprint density at radius 1 is 0.970 bits per heavy atom. The van der Waals surface area contributed by atoms with Gasteiger partial charge in [0.15, 0.2) is 6.61 Å². The molecule has 3 saturated carbocycles. The summed E-state index contributed by atoms with van der Waals surface area (Å²) in [6.07, 6.45) is -3.26. The van der Waals surface area contributed by atoms with Crippen LogP contribution in [0, 0.1) is 5.82 Å². The second-order valence-electron chi connectivity index (χ2n) is 8.42. The Hall–Kier alpha value is -3.01. The predicted octanol–water partition coefficient (Wildman–Crippen LogP) is 3.91. The fourth-order valence-corrected chi connectivity index (χ4v) is 4.60. The number of alkyl halides is 3. The molecule has 2 aromatic carbocycles. The topological polar surface area (TPSA) is 76.7 Å². The van der Waals surface area contributed by atoms with Crippen molar-refractivity contribution < 1.29 is 36.6 Å². The zero-order valence-corrected chi connectivity index (χ0v) is 17.9. The number of ether oxygens (including phenoxy) is 2. The minimum absolute atomic E-state index is 0.0460. The van der Waals surface area contributed by atoms with E-state index in [9.17, 15) is 27.2 Å². The summed E-state index contributed by atoms with van der Waals surface area (Å²) < 4.78 is 59.6. The summed E-state index contributed by atoms with van der Waals surface area (Å²) in [6, 6.07) is 9.13. The third-order valence-corrected chi connectivity index (χ3v) is 5.90. The minimum Gasteiger partial charge on any atom is -0.484 e. The number of nitrogens with one attached hydrogen (secondary N) is 2. The van der Waals surface area contributed by atoms with E-state index in [4.69, 9.17) is 16.3 Å². The van der Waals surface area contributed by atoms with Gasteiger partial charge in [0.1, 0.15) is 17.3 Å². The van der Waals surface area contributed by atoms with Crippen LogP contribution in [0.3, 0.4) is 0 Å². The SMILES string of the molecule is O=C(COc1ccc(Cl)c(F)c1)NC12CC(NC(=O)Cc3cccc(OC(F)(F)F)c3)(C1)C2. The van der Waals surface area contributed by atoms with Gasteiger partial charge in [-0.15, -0.1) is 13.2 Å². The highest BCUT2D eigenvalue weighted by molar-refractivity contribution is 6.30. The van der Waals surface area contributed by atoms with Crippen LogP contribution >= 0.6 is 11.6 Å². The Morgan fingerprint density at radius 3 is 2.27 bits per heavy atom. The van der Waals surface area contributed by atoms with Gasteiger partial charge in [-0.2, -0.15) is 0 Å². The number of halogens is 5. The summed E-state index contributed by atoms with van der Waals surface area (Å²) in [5.41, 5.74) is -0.455. The average Bonchev–Trinajstić information content (AvgIpc) is 2.65. The molecule has 0 aromatic heterocycles. The van der Waals surface area contributed by atoms with Crippen molar-refractivity contribution in [3.8, 4) is 11.5 Å². The van der Waals surface area contributed by atoms with Gasteiger partial charge in [0.2, 0.25) is 5.91 Å².